The first-order valence-corrected chi connectivity index (χ1v) is 8.76. The number of likely N-dealkylation sites (tertiary alicyclic amines) is 1. The molecule has 9 heteroatoms. The summed E-state index contributed by atoms with van der Waals surface area (Å²) < 4.78 is 3.57. The molecule has 0 aliphatic carbocycles. The van der Waals surface area contributed by atoms with Crippen LogP contribution in [0.3, 0.4) is 0 Å². The van der Waals surface area contributed by atoms with Gasteiger partial charge in [0.05, 0.1) is 6.33 Å². The monoisotopic (exact) mass is 352 g/mol. The molecule has 0 saturated carbocycles. The van der Waals surface area contributed by atoms with E-state index < -0.39 is 0 Å². The van der Waals surface area contributed by atoms with E-state index in [9.17, 15) is 4.79 Å². The summed E-state index contributed by atoms with van der Waals surface area (Å²) in [5.41, 5.74) is 2.21. The predicted molar refractivity (Wildman–Crippen MR) is 94.6 cm³/mol. The van der Waals surface area contributed by atoms with Gasteiger partial charge in [0, 0.05) is 58.3 Å². The van der Waals surface area contributed by atoms with Crippen LogP contribution < -0.4 is 4.90 Å². The maximum absolute atomic E-state index is 12.6. The molecule has 0 aromatic carbocycles. The Balaban J connectivity index is 1.33. The van der Waals surface area contributed by atoms with Crippen molar-refractivity contribution >= 4 is 22.9 Å². The molecule has 3 aromatic heterocycles. The van der Waals surface area contributed by atoms with Gasteiger partial charge in [-0.1, -0.05) is 0 Å². The quantitative estimate of drug-likeness (QED) is 0.660. The molecule has 0 bridgehead atoms. The van der Waals surface area contributed by atoms with Gasteiger partial charge in [-0.2, -0.15) is 5.10 Å². The number of anilines is 1. The Hall–Kier alpha value is -2.97. The molecule has 2 aliphatic heterocycles. The van der Waals surface area contributed by atoms with E-state index in [0.29, 0.717) is 17.5 Å². The zero-order chi connectivity index (χ0) is 17.8. The van der Waals surface area contributed by atoms with E-state index >= 15 is 0 Å². The van der Waals surface area contributed by atoms with Crippen molar-refractivity contribution in [2.45, 2.75) is 0 Å². The number of hydrogen-bond donors (Lipinski definition) is 0. The maximum Gasteiger partial charge on any atom is 0.274 e. The van der Waals surface area contributed by atoms with Gasteiger partial charge in [-0.05, 0) is 6.07 Å². The number of hydrogen-bond acceptors (Lipinski definition) is 6. The minimum absolute atomic E-state index is 0.0284. The van der Waals surface area contributed by atoms with Crippen LogP contribution in [0.5, 0.6) is 0 Å². The Bertz CT molecular complexity index is 978. The van der Waals surface area contributed by atoms with Crippen molar-refractivity contribution in [3.05, 3.63) is 30.6 Å². The minimum Gasteiger partial charge on any atom is -0.354 e. The second-order valence-corrected chi connectivity index (χ2v) is 7.23. The largest absolute Gasteiger partial charge is 0.354 e. The first-order valence-electron chi connectivity index (χ1n) is 8.76. The molecule has 26 heavy (non-hydrogen) atoms. The molecule has 5 rings (SSSR count). The molecule has 2 saturated heterocycles. The lowest BCUT2D eigenvalue weighted by Crippen LogP contribution is -2.33. The van der Waals surface area contributed by atoms with Gasteiger partial charge >= 0.3 is 0 Å². The molecule has 1 amide bonds. The van der Waals surface area contributed by atoms with Crippen molar-refractivity contribution in [2.24, 2.45) is 25.9 Å². The SMILES string of the molecule is Cn1ccc(C(=O)N2CC3CN(c4ncnc5c4ncn5C)CC3C2)n1. The lowest BCUT2D eigenvalue weighted by molar-refractivity contribution is 0.0776. The second kappa shape index (κ2) is 5.52. The summed E-state index contributed by atoms with van der Waals surface area (Å²) in [4.78, 5) is 30.1. The molecule has 0 spiro atoms. The van der Waals surface area contributed by atoms with Crippen LogP contribution in [0.15, 0.2) is 24.9 Å². The van der Waals surface area contributed by atoms with Gasteiger partial charge in [0.1, 0.15) is 12.0 Å². The summed E-state index contributed by atoms with van der Waals surface area (Å²) in [7, 11) is 3.76. The summed E-state index contributed by atoms with van der Waals surface area (Å²) in [6, 6.07) is 1.78. The fraction of sp³-hybridized carbons (Fsp3) is 0.471. The Kier molecular flexibility index (Phi) is 3.25. The number of nitrogens with zero attached hydrogens (tertiary/aromatic N) is 8. The number of amides is 1. The Morgan fingerprint density at radius 2 is 1.85 bits per heavy atom. The van der Waals surface area contributed by atoms with Crippen molar-refractivity contribution in [3.8, 4) is 0 Å². The van der Waals surface area contributed by atoms with Gasteiger partial charge in [0.2, 0.25) is 0 Å². The van der Waals surface area contributed by atoms with Gasteiger partial charge in [-0.25, -0.2) is 15.0 Å². The Labute approximate surface area is 150 Å². The van der Waals surface area contributed by atoms with E-state index in [0.717, 1.165) is 43.2 Å². The fourth-order valence-electron chi connectivity index (χ4n) is 4.19. The summed E-state index contributed by atoms with van der Waals surface area (Å²) >= 11 is 0. The highest BCUT2D eigenvalue weighted by molar-refractivity contribution is 5.92. The number of imidazole rings is 1. The number of fused-ring (bicyclic) bond motifs is 2. The molecule has 2 unspecified atom stereocenters. The van der Waals surface area contributed by atoms with E-state index in [1.807, 2.05) is 23.6 Å². The average Bonchev–Trinajstić information content (AvgIpc) is 3.37. The number of carbonyl (C=O) groups is 1. The lowest BCUT2D eigenvalue weighted by atomic mass is 10.0. The summed E-state index contributed by atoms with van der Waals surface area (Å²) in [5.74, 6) is 1.83. The molecule has 5 heterocycles. The molecular weight excluding hydrogens is 332 g/mol. The van der Waals surface area contributed by atoms with Crippen molar-refractivity contribution in [3.63, 3.8) is 0 Å². The molecule has 2 aliphatic rings. The molecular formula is C17H20N8O. The summed E-state index contributed by atoms with van der Waals surface area (Å²) in [6.07, 6.45) is 5.18. The van der Waals surface area contributed by atoms with E-state index in [1.54, 1.807) is 29.6 Å². The molecule has 2 atom stereocenters. The van der Waals surface area contributed by atoms with E-state index in [2.05, 4.69) is 25.0 Å². The normalized spacial score (nSPS) is 22.4. The third kappa shape index (κ3) is 2.27. The fourth-order valence-corrected chi connectivity index (χ4v) is 4.19. The van der Waals surface area contributed by atoms with E-state index in [-0.39, 0.29) is 5.91 Å². The molecule has 3 aromatic rings. The van der Waals surface area contributed by atoms with Crippen molar-refractivity contribution < 1.29 is 4.79 Å². The lowest BCUT2D eigenvalue weighted by Gasteiger charge is -2.22. The third-order valence-corrected chi connectivity index (χ3v) is 5.48. The number of aryl methyl sites for hydroxylation is 2. The second-order valence-electron chi connectivity index (χ2n) is 7.23. The first kappa shape index (κ1) is 15.3. The van der Waals surface area contributed by atoms with Crippen LogP contribution in [0.1, 0.15) is 10.5 Å². The minimum atomic E-state index is 0.0284. The number of aromatic nitrogens is 6. The van der Waals surface area contributed by atoms with Crippen LogP contribution in [-0.2, 0) is 14.1 Å². The molecule has 0 radical (unpaired) electrons. The molecule has 2 fully saturated rings. The van der Waals surface area contributed by atoms with E-state index in [4.69, 9.17) is 0 Å². The van der Waals surface area contributed by atoms with E-state index in [1.165, 1.54) is 0 Å². The van der Waals surface area contributed by atoms with Crippen molar-refractivity contribution in [1.29, 1.82) is 0 Å². The Morgan fingerprint density at radius 1 is 1.08 bits per heavy atom. The topological polar surface area (TPSA) is 85.0 Å². The van der Waals surface area contributed by atoms with Crippen LogP contribution in [0.4, 0.5) is 5.82 Å². The van der Waals surface area contributed by atoms with Gasteiger partial charge in [-0.3, -0.25) is 9.48 Å². The van der Waals surface area contributed by atoms with Crippen LogP contribution >= 0.6 is 0 Å². The summed E-state index contributed by atoms with van der Waals surface area (Å²) in [5, 5.41) is 4.24. The standard InChI is InChI=1S/C17H20N8O/c1-22-10-20-14-15(22)18-9-19-16(14)24-5-11-7-25(8-12(11)6-24)17(26)13-3-4-23(2)21-13/h3-4,9-12H,5-8H2,1-2H3. The highest BCUT2D eigenvalue weighted by atomic mass is 16.2. The molecule has 0 N–H and O–H groups in total. The maximum atomic E-state index is 12.6. The van der Waals surface area contributed by atoms with Crippen molar-refractivity contribution in [1.82, 2.24) is 34.2 Å². The average molecular weight is 352 g/mol. The highest BCUT2D eigenvalue weighted by Gasteiger charge is 2.43. The van der Waals surface area contributed by atoms with Crippen molar-refractivity contribution in [2.75, 3.05) is 31.1 Å². The Morgan fingerprint density at radius 3 is 2.54 bits per heavy atom. The van der Waals surface area contributed by atoms with Gasteiger partial charge in [0.15, 0.2) is 17.0 Å². The predicted octanol–water partition coefficient (Wildman–Crippen LogP) is 0.305. The van der Waals surface area contributed by atoms with Crippen LogP contribution in [0, 0.1) is 11.8 Å². The smallest absolute Gasteiger partial charge is 0.274 e. The number of rotatable bonds is 2. The summed E-state index contributed by atoms with van der Waals surface area (Å²) in [6.45, 7) is 3.32. The van der Waals surface area contributed by atoms with Crippen LogP contribution in [0.2, 0.25) is 0 Å². The van der Waals surface area contributed by atoms with Gasteiger partial charge in [-0.15, -0.1) is 0 Å². The third-order valence-electron chi connectivity index (χ3n) is 5.48. The zero-order valence-electron chi connectivity index (χ0n) is 14.8. The zero-order valence-corrected chi connectivity index (χ0v) is 14.8. The van der Waals surface area contributed by atoms with Gasteiger partial charge < -0.3 is 14.4 Å². The molecule has 9 nitrogen and oxygen atoms in total. The van der Waals surface area contributed by atoms with Crippen LogP contribution in [-0.4, -0.2) is 66.3 Å². The number of carbonyl (C=O) groups excluding carboxylic acids is 1. The van der Waals surface area contributed by atoms with Crippen LogP contribution in [0.25, 0.3) is 11.2 Å². The first-order chi connectivity index (χ1) is 12.6. The van der Waals surface area contributed by atoms with Gasteiger partial charge in [0.25, 0.3) is 5.91 Å². The molecule has 134 valence electrons. The highest BCUT2D eigenvalue weighted by Crippen LogP contribution is 2.35.